The van der Waals surface area contributed by atoms with Gasteiger partial charge in [0.25, 0.3) is 5.69 Å². The van der Waals surface area contributed by atoms with Crippen LogP contribution in [0.5, 0.6) is 11.5 Å². The highest BCUT2D eigenvalue weighted by Gasteiger charge is 2.38. The van der Waals surface area contributed by atoms with Crippen LogP contribution in [0.3, 0.4) is 0 Å². The molecule has 1 amide bonds. The number of nitro benzene ring substituents is 1. The molecule has 1 atom stereocenters. The van der Waals surface area contributed by atoms with Gasteiger partial charge < -0.3 is 41.0 Å². The molecule has 0 aliphatic rings. The third-order valence-corrected chi connectivity index (χ3v) is 19.3. The van der Waals surface area contributed by atoms with Crippen molar-refractivity contribution in [1.29, 1.82) is 0 Å². The molecular formula is C26H52N2O11Si4. The fourth-order valence-electron chi connectivity index (χ4n) is 4.79. The van der Waals surface area contributed by atoms with Gasteiger partial charge in [-0.15, -0.1) is 0 Å². The summed E-state index contributed by atoms with van der Waals surface area (Å²) in [6, 6.07) is 4.13. The maximum atomic E-state index is 12.4. The Balaban J connectivity index is 2.83. The normalized spacial score (nSPS) is 13.4. The zero-order chi connectivity index (χ0) is 33.1. The Morgan fingerprint density at radius 2 is 1.51 bits per heavy atom. The van der Waals surface area contributed by atoms with E-state index in [-0.39, 0.29) is 23.5 Å². The molecule has 0 aliphatic heterocycles. The van der Waals surface area contributed by atoms with Crippen molar-refractivity contribution in [1.82, 2.24) is 5.32 Å². The van der Waals surface area contributed by atoms with Gasteiger partial charge in [-0.2, -0.15) is 0 Å². The van der Waals surface area contributed by atoms with Crippen molar-refractivity contribution in [2.24, 2.45) is 0 Å². The first-order valence-corrected chi connectivity index (χ1v) is 25.6. The molecule has 248 valence electrons. The summed E-state index contributed by atoms with van der Waals surface area (Å²) in [5, 5.41) is 14.6. The van der Waals surface area contributed by atoms with Crippen molar-refractivity contribution in [2.75, 3.05) is 41.6 Å². The average Bonchev–Trinajstić information content (AvgIpc) is 2.89. The number of nitro groups is 1. The molecule has 0 heterocycles. The summed E-state index contributed by atoms with van der Waals surface area (Å²) in [5.74, 6) is 0.551. The Morgan fingerprint density at radius 3 is 2.02 bits per heavy atom. The lowest BCUT2D eigenvalue weighted by Gasteiger charge is -2.37. The molecule has 0 bridgehead atoms. The first kappa shape index (κ1) is 39.2. The largest absolute Gasteiger partial charge is 0.500 e. The van der Waals surface area contributed by atoms with E-state index in [0.29, 0.717) is 31.2 Å². The molecule has 17 heteroatoms. The van der Waals surface area contributed by atoms with Gasteiger partial charge in [-0.05, 0) is 77.7 Å². The molecule has 0 aliphatic carbocycles. The van der Waals surface area contributed by atoms with E-state index in [1.165, 1.54) is 40.6 Å². The summed E-state index contributed by atoms with van der Waals surface area (Å²) in [6.45, 7) is 17.2. The van der Waals surface area contributed by atoms with Gasteiger partial charge in [-0.1, -0.05) is 0 Å². The van der Waals surface area contributed by atoms with Gasteiger partial charge in [0, 0.05) is 33.9 Å². The predicted octanol–water partition coefficient (Wildman–Crippen LogP) is 6.20. The van der Waals surface area contributed by atoms with E-state index in [2.05, 4.69) is 51.1 Å². The van der Waals surface area contributed by atoms with E-state index in [1.54, 1.807) is 6.92 Å². The van der Waals surface area contributed by atoms with Crippen LogP contribution in [0.4, 0.5) is 10.5 Å². The van der Waals surface area contributed by atoms with Gasteiger partial charge in [0.1, 0.15) is 6.10 Å². The monoisotopic (exact) mass is 680 g/mol. The van der Waals surface area contributed by atoms with Crippen molar-refractivity contribution < 1.29 is 45.4 Å². The summed E-state index contributed by atoms with van der Waals surface area (Å²) >= 11 is 0. The van der Waals surface area contributed by atoms with Crippen LogP contribution in [0, 0.1) is 10.1 Å². The minimum Gasteiger partial charge on any atom is -0.493 e. The Hall–Kier alpha value is -1.84. The summed E-state index contributed by atoms with van der Waals surface area (Å²) in [7, 11) is -2.73. The number of carbonyl (C=O) groups is 1. The second kappa shape index (κ2) is 17.0. The molecular weight excluding hydrogens is 629 g/mol. The molecule has 1 unspecified atom stereocenters. The minimum absolute atomic E-state index is 0.186. The molecule has 0 radical (unpaired) electrons. The fourth-order valence-corrected chi connectivity index (χ4v) is 19.7. The lowest BCUT2D eigenvalue weighted by Crippen LogP contribution is -2.51. The molecule has 1 aromatic carbocycles. The third-order valence-electron chi connectivity index (χ3n) is 6.35. The van der Waals surface area contributed by atoms with Crippen molar-refractivity contribution in [3.05, 3.63) is 27.8 Å². The summed E-state index contributed by atoms with van der Waals surface area (Å²) in [5.41, 5.74) is -0.0492. The van der Waals surface area contributed by atoms with Crippen LogP contribution in [0.25, 0.3) is 0 Å². The zero-order valence-corrected chi connectivity index (χ0v) is 31.9. The molecule has 13 nitrogen and oxygen atoms in total. The number of amides is 1. The highest BCUT2D eigenvalue weighted by Crippen LogP contribution is 2.38. The standard InChI is InChI=1S/C26H52N2O11Si4/c1-21(37-26(29)27-15-13-18-43(33-3,34-4)35-5)22-19-24(32-2)25(20-23(22)28(30)31)36-16-14-17-41(9,10)39-42(11,12)38-40(6,7)8/h19-21H,13-18H2,1-12H3,(H,27,29). The highest BCUT2D eigenvalue weighted by atomic mass is 28.5. The number of hydrogen-bond donors (Lipinski definition) is 1. The number of nitrogens with one attached hydrogen (secondary N) is 1. The number of alkyl carbamates (subject to hydrolysis) is 1. The van der Waals surface area contributed by atoms with Crippen molar-refractivity contribution in [2.45, 2.75) is 83.8 Å². The van der Waals surface area contributed by atoms with Gasteiger partial charge in [-0.25, -0.2) is 4.79 Å². The molecule has 0 saturated carbocycles. The first-order valence-electron chi connectivity index (χ1n) is 14.3. The zero-order valence-electron chi connectivity index (χ0n) is 27.9. The third kappa shape index (κ3) is 13.8. The fraction of sp³-hybridized carbons (Fsp3) is 0.731. The quantitative estimate of drug-likeness (QED) is 0.0727. The number of hydrogen-bond acceptors (Lipinski definition) is 11. The lowest BCUT2D eigenvalue weighted by atomic mass is 10.1. The van der Waals surface area contributed by atoms with Gasteiger partial charge in [0.15, 0.2) is 28.1 Å². The Morgan fingerprint density at radius 1 is 0.907 bits per heavy atom. The Labute approximate surface area is 260 Å². The van der Waals surface area contributed by atoms with Crippen LogP contribution in [-0.4, -0.2) is 86.6 Å². The van der Waals surface area contributed by atoms with E-state index in [4.69, 9.17) is 35.7 Å². The van der Waals surface area contributed by atoms with Crippen LogP contribution in [0.1, 0.15) is 31.4 Å². The average molecular weight is 681 g/mol. The number of benzene rings is 1. The number of methoxy groups -OCH3 is 1. The van der Waals surface area contributed by atoms with E-state index in [0.717, 1.165) is 6.04 Å². The van der Waals surface area contributed by atoms with Crippen LogP contribution in [-0.2, 0) is 26.2 Å². The van der Waals surface area contributed by atoms with E-state index in [1.807, 2.05) is 0 Å². The number of rotatable bonds is 20. The molecule has 0 aromatic heterocycles. The topological polar surface area (TPSA) is 146 Å². The molecule has 0 saturated heterocycles. The maximum absolute atomic E-state index is 12.4. The predicted molar refractivity (Wildman–Crippen MR) is 174 cm³/mol. The van der Waals surface area contributed by atoms with E-state index < -0.39 is 51.1 Å². The van der Waals surface area contributed by atoms with Crippen LogP contribution < -0.4 is 14.8 Å². The SMILES string of the molecule is COc1cc(C(C)OC(=O)NCCC[Si](OC)(OC)OC)c([N+](=O)[O-])cc1OCCC[Si](C)(C)O[Si](C)(C)O[Si](C)(C)C. The molecule has 1 aromatic rings. The van der Waals surface area contributed by atoms with Crippen LogP contribution >= 0.6 is 0 Å². The summed E-state index contributed by atoms with van der Waals surface area (Å²) in [6.07, 6.45) is -0.402. The summed E-state index contributed by atoms with van der Waals surface area (Å²) in [4.78, 5) is 23.8. The van der Waals surface area contributed by atoms with Gasteiger partial charge in [-0.3, -0.25) is 10.1 Å². The second-order valence-electron chi connectivity index (χ2n) is 12.1. The van der Waals surface area contributed by atoms with Crippen LogP contribution in [0.15, 0.2) is 12.1 Å². The molecule has 1 N–H and O–H groups in total. The van der Waals surface area contributed by atoms with Gasteiger partial charge in [0.05, 0.1) is 30.3 Å². The smallest absolute Gasteiger partial charge is 0.493 e. The molecule has 0 spiro atoms. The van der Waals surface area contributed by atoms with E-state index >= 15 is 0 Å². The summed E-state index contributed by atoms with van der Waals surface area (Å²) < 4.78 is 45.8. The number of carbonyl (C=O) groups excluding carboxylic acids is 1. The van der Waals surface area contributed by atoms with Crippen LogP contribution in [0.2, 0.25) is 57.9 Å². The van der Waals surface area contributed by atoms with Crippen molar-refractivity contribution in [3.63, 3.8) is 0 Å². The van der Waals surface area contributed by atoms with Crippen molar-refractivity contribution in [3.8, 4) is 11.5 Å². The van der Waals surface area contributed by atoms with E-state index in [9.17, 15) is 14.9 Å². The second-order valence-corrected chi connectivity index (χ2v) is 27.9. The first-order chi connectivity index (χ1) is 19.8. The highest BCUT2D eigenvalue weighted by molar-refractivity contribution is 6.87. The Bertz CT molecular complexity index is 1040. The molecule has 43 heavy (non-hydrogen) atoms. The molecule has 0 fully saturated rings. The Kier molecular flexibility index (Phi) is 15.5. The lowest BCUT2D eigenvalue weighted by molar-refractivity contribution is -0.386. The maximum Gasteiger partial charge on any atom is 0.500 e. The van der Waals surface area contributed by atoms with Gasteiger partial charge >= 0.3 is 23.5 Å². The number of ether oxygens (including phenoxy) is 3. The minimum atomic E-state index is -2.75. The van der Waals surface area contributed by atoms with Gasteiger partial charge in [0.2, 0.25) is 0 Å². The van der Waals surface area contributed by atoms with Crippen molar-refractivity contribution >= 4 is 45.8 Å². The molecule has 1 rings (SSSR count). The number of nitrogens with zero attached hydrogens (tertiary/aromatic N) is 1.